The van der Waals surface area contributed by atoms with Gasteiger partial charge in [0.2, 0.25) is 12.3 Å². The van der Waals surface area contributed by atoms with Crippen molar-refractivity contribution in [2.24, 2.45) is 0 Å². The molecule has 5 nitrogen and oxygen atoms in total. The first-order chi connectivity index (χ1) is 9.31. The Morgan fingerprint density at radius 2 is 2.32 bits per heavy atom. The summed E-state index contributed by atoms with van der Waals surface area (Å²) in [6.45, 7) is 2.71. The topological polar surface area (TPSA) is 63.8 Å². The lowest BCUT2D eigenvalue weighted by Crippen LogP contribution is -1.99. The quantitative estimate of drug-likeness (QED) is 0.790. The van der Waals surface area contributed by atoms with Gasteiger partial charge >= 0.3 is 0 Å². The zero-order chi connectivity index (χ0) is 13.1. The van der Waals surface area contributed by atoms with Crippen molar-refractivity contribution in [1.29, 1.82) is 0 Å². The number of hydrogen-bond donors (Lipinski definition) is 1. The van der Waals surface area contributed by atoms with Crippen LogP contribution in [0.25, 0.3) is 11.5 Å². The van der Waals surface area contributed by atoms with Crippen LogP contribution in [0.3, 0.4) is 0 Å². The van der Waals surface area contributed by atoms with Gasteiger partial charge in [-0.05, 0) is 25.1 Å². The van der Waals surface area contributed by atoms with E-state index in [1.165, 1.54) is 6.39 Å². The standard InChI is InChI=1S/C13H12N4OS/c1-9-7-19-12(16-9)6-14-11-4-2-3-10(5-11)13-17-15-8-18-13/h2-5,7-8,14H,6H2,1H3. The number of aryl methyl sites for hydroxylation is 1. The Morgan fingerprint density at radius 1 is 1.37 bits per heavy atom. The Bertz CT molecular complexity index is 663. The lowest BCUT2D eigenvalue weighted by atomic mass is 10.2. The molecular formula is C13H12N4OS. The minimum atomic E-state index is 0.522. The summed E-state index contributed by atoms with van der Waals surface area (Å²) in [5.74, 6) is 0.522. The summed E-state index contributed by atoms with van der Waals surface area (Å²) in [5, 5.41) is 14.0. The number of thiazole rings is 1. The Labute approximate surface area is 114 Å². The molecule has 6 heteroatoms. The maximum atomic E-state index is 5.18. The number of rotatable bonds is 4. The van der Waals surface area contributed by atoms with Gasteiger partial charge in [0.15, 0.2) is 0 Å². The van der Waals surface area contributed by atoms with Crippen LogP contribution in [0.1, 0.15) is 10.7 Å². The average molecular weight is 272 g/mol. The molecule has 0 saturated heterocycles. The Morgan fingerprint density at radius 3 is 3.05 bits per heavy atom. The van der Waals surface area contributed by atoms with Gasteiger partial charge in [-0.1, -0.05) is 6.07 Å². The highest BCUT2D eigenvalue weighted by atomic mass is 32.1. The van der Waals surface area contributed by atoms with Crippen LogP contribution in [0.5, 0.6) is 0 Å². The zero-order valence-corrected chi connectivity index (χ0v) is 11.1. The lowest BCUT2D eigenvalue weighted by Gasteiger charge is -2.05. The van der Waals surface area contributed by atoms with Gasteiger partial charge in [0, 0.05) is 22.3 Å². The van der Waals surface area contributed by atoms with Crippen LogP contribution >= 0.6 is 11.3 Å². The van der Waals surface area contributed by atoms with Crippen LogP contribution in [-0.4, -0.2) is 15.2 Å². The van der Waals surface area contributed by atoms with Crippen molar-refractivity contribution in [2.45, 2.75) is 13.5 Å². The Kier molecular flexibility index (Phi) is 3.24. The van der Waals surface area contributed by atoms with Crippen molar-refractivity contribution in [1.82, 2.24) is 15.2 Å². The number of hydrogen-bond acceptors (Lipinski definition) is 6. The van der Waals surface area contributed by atoms with Crippen LogP contribution in [-0.2, 0) is 6.54 Å². The second-order valence-electron chi connectivity index (χ2n) is 4.06. The van der Waals surface area contributed by atoms with Gasteiger partial charge < -0.3 is 9.73 Å². The first kappa shape index (κ1) is 11.9. The van der Waals surface area contributed by atoms with Crippen molar-refractivity contribution in [3.63, 3.8) is 0 Å². The Balaban J connectivity index is 1.73. The maximum absolute atomic E-state index is 5.18. The monoisotopic (exact) mass is 272 g/mol. The third kappa shape index (κ3) is 2.79. The molecule has 0 saturated carbocycles. The molecule has 3 aromatic rings. The van der Waals surface area contributed by atoms with Crippen LogP contribution in [0.2, 0.25) is 0 Å². The molecular weight excluding hydrogens is 260 g/mol. The normalized spacial score (nSPS) is 10.6. The number of benzene rings is 1. The summed E-state index contributed by atoms with van der Waals surface area (Å²) in [6.07, 6.45) is 1.33. The van der Waals surface area contributed by atoms with E-state index in [1.807, 2.05) is 36.6 Å². The lowest BCUT2D eigenvalue weighted by molar-refractivity contribution is 0.568. The number of nitrogens with one attached hydrogen (secondary N) is 1. The average Bonchev–Trinajstić information content (AvgIpc) is 3.08. The third-order valence-corrected chi connectivity index (χ3v) is 3.55. The molecule has 0 atom stereocenters. The molecule has 3 rings (SSSR count). The highest BCUT2D eigenvalue weighted by Gasteiger charge is 2.04. The van der Waals surface area contributed by atoms with E-state index in [1.54, 1.807) is 11.3 Å². The molecule has 2 heterocycles. The highest BCUT2D eigenvalue weighted by Crippen LogP contribution is 2.21. The molecule has 1 N–H and O–H groups in total. The largest absolute Gasteiger partial charge is 0.423 e. The number of aromatic nitrogens is 3. The molecule has 2 aromatic heterocycles. The minimum Gasteiger partial charge on any atom is -0.423 e. The summed E-state index contributed by atoms with van der Waals surface area (Å²) in [5.41, 5.74) is 2.96. The van der Waals surface area contributed by atoms with Gasteiger partial charge in [-0.25, -0.2) is 4.98 Å². The van der Waals surface area contributed by atoms with Gasteiger partial charge in [0.25, 0.3) is 0 Å². The maximum Gasteiger partial charge on any atom is 0.247 e. The highest BCUT2D eigenvalue weighted by molar-refractivity contribution is 7.09. The van der Waals surface area contributed by atoms with Crippen LogP contribution < -0.4 is 5.32 Å². The fourth-order valence-corrected chi connectivity index (χ4v) is 2.43. The molecule has 0 spiro atoms. The second kappa shape index (κ2) is 5.19. The van der Waals surface area contributed by atoms with Crippen LogP contribution in [0, 0.1) is 6.92 Å². The molecule has 0 bridgehead atoms. The third-order valence-electron chi connectivity index (χ3n) is 2.58. The van der Waals surface area contributed by atoms with Gasteiger partial charge in [-0.2, -0.15) is 0 Å². The van der Waals surface area contributed by atoms with E-state index in [-0.39, 0.29) is 0 Å². The zero-order valence-electron chi connectivity index (χ0n) is 10.3. The molecule has 0 unspecified atom stereocenters. The predicted molar refractivity (Wildman–Crippen MR) is 73.9 cm³/mol. The molecule has 19 heavy (non-hydrogen) atoms. The summed E-state index contributed by atoms with van der Waals surface area (Å²) < 4.78 is 5.18. The molecule has 0 fully saturated rings. The fraction of sp³-hybridized carbons (Fsp3) is 0.154. The molecule has 0 aliphatic rings. The van der Waals surface area contributed by atoms with E-state index in [2.05, 4.69) is 20.5 Å². The SMILES string of the molecule is Cc1csc(CNc2cccc(-c3nnco3)c2)n1. The van der Waals surface area contributed by atoms with E-state index < -0.39 is 0 Å². The summed E-state index contributed by atoms with van der Waals surface area (Å²) >= 11 is 1.66. The van der Waals surface area contributed by atoms with E-state index in [0.29, 0.717) is 12.4 Å². The van der Waals surface area contributed by atoms with E-state index >= 15 is 0 Å². The molecule has 0 amide bonds. The summed E-state index contributed by atoms with van der Waals surface area (Å²) in [7, 11) is 0. The molecule has 0 radical (unpaired) electrons. The van der Waals surface area contributed by atoms with Crippen LogP contribution in [0.4, 0.5) is 5.69 Å². The molecule has 0 aliphatic carbocycles. The summed E-state index contributed by atoms with van der Waals surface area (Å²) in [4.78, 5) is 4.41. The van der Waals surface area contributed by atoms with Crippen molar-refractivity contribution < 1.29 is 4.42 Å². The van der Waals surface area contributed by atoms with Gasteiger partial charge in [0.05, 0.1) is 6.54 Å². The van der Waals surface area contributed by atoms with Gasteiger partial charge in [0.1, 0.15) is 5.01 Å². The molecule has 1 aromatic carbocycles. The first-order valence-corrected chi connectivity index (χ1v) is 6.71. The van der Waals surface area contributed by atoms with E-state index in [4.69, 9.17) is 4.42 Å². The van der Waals surface area contributed by atoms with E-state index in [9.17, 15) is 0 Å². The van der Waals surface area contributed by atoms with Crippen LogP contribution in [0.15, 0.2) is 40.5 Å². The number of anilines is 1. The Hall–Kier alpha value is -2.21. The van der Waals surface area contributed by atoms with Crippen molar-refractivity contribution >= 4 is 17.0 Å². The van der Waals surface area contributed by atoms with Crippen molar-refractivity contribution in [3.8, 4) is 11.5 Å². The summed E-state index contributed by atoms with van der Waals surface area (Å²) in [6, 6.07) is 7.87. The van der Waals surface area contributed by atoms with Gasteiger partial charge in [-0.3, -0.25) is 0 Å². The number of nitrogens with zero attached hydrogens (tertiary/aromatic N) is 3. The predicted octanol–water partition coefficient (Wildman–Crippen LogP) is 3.11. The molecule has 0 aliphatic heterocycles. The van der Waals surface area contributed by atoms with E-state index in [0.717, 1.165) is 22.0 Å². The second-order valence-corrected chi connectivity index (χ2v) is 5.00. The minimum absolute atomic E-state index is 0.522. The smallest absolute Gasteiger partial charge is 0.247 e. The van der Waals surface area contributed by atoms with Crippen molar-refractivity contribution in [3.05, 3.63) is 46.7 Å². The van der Waals surface area contributed by atoms with Crippen molar-refractivity contribution in [2.75, 3.05) is 5.32 Å². The van der Waals surface area contributed by atoms with Gasteiger partial charge in [-0.15, -0.1) is 21.5 Å². The first-order valence-electron chi connectivity index (χ1n) is 5.83. The molecule has 96 valence electrons. The fourth-order valence-electron chi connectivity index (χ4n) is 1.72.